The molecule has 0 aliphatic carbocycles. The molecule has 0 aromatic heterocycles. The quantitative estimate of drug-likeness (QED) is 0.285. The number of halogens is 2. The van der Waals surface area contributed by atoms with E-state index < -0.39 is 11.1 Å². The third-order valence-electron chi connectivity index (χ3n) is 5.27. The van der Waals surface area contributed by atoms with Crippen molar-refractivity contribution in [1.82, 2.24) is 4.90 Å². The zero-order valence-corrected chi connectivity index (χ0v) is 21.5. The molecule has 0 unspecified atom stereocenters. The Balaban J connectivity index is 1.56. The molecule has 3 aromatic carbocycles. The molecule has 0 atom stereocenters. The average molecular weight is 539 g/mol. The fourth-order valence-corrected chi connectivity index (χ4v) is 4.77. The zero-order chi connectivity index (χ0) is 25.7. The summed E-state index contributed by atoms with van der Waals surface area (Å²) in [6.45, 7) is 2.51. The monoisotopic (exact) mass is 538 g/mol. The maximum atomic E-state index is 13.0. The van der Waals surface area contributed by atoms with E-state index in [2.05, 4.69) is 6.07 Å². The molecular formula is C27H20Cl2N2O4S. The minimum atomic E-state index is -0.435. The summed E-state index contributed by atoms with van der Waals surface area (Å²) in [4.78, 5) is 27.0. The lowest BCUT2D eigenvalue weighted by atomic mass is 10.1. The van der Waals surface area contributed by atoms with Crippen molar-refractivity contribution in [2.75, 3.05) is 6.61 Å². The number of carbonyl (C=O) groups excluding carboxylic acids is 2. The standard InChI is InChI=1S/C27H20Cl2N2O4S/c1-2-34-23-12-18(11-22(29)25(23)35-16-17-7-9-21(28)10-8-17)13-24-26(32)31(27(33)36-24)15-20-6-4-3-5-19(20)14-30/h3-13H,2,15-16H2,1H3/b24-13+. The Morgan fingerprint density at radius 3 is 2.53 bits per heavy atom. The highest BCUT2D eigenvalue weighted by Crippen LogP contribution is 2.40. The molecule has 4 rings (SSSR count). The predicted octanol–water partition coefficient (Wildman–Crippen LogP) is 7.08. The van der Waals surface area contributed by atoms with Crippen LogP contribution in [0.3, 0.4) is 0 Å². The summed E-state index contributed by atoms with van der Waals surface area (Å²) in [6, 6.07) is 19.6. The first-order chi connectivity index (χ1) is 17.4. The van der Waals surface area contributed by atoms with Crippen LogP contribution in [0.1, 0.15) is 29.2 Å². The third-order valence-corrected chi connectivity index (χ3v) is 6.71. The summed E-state index contributed by atoms with van der Waals surface area (Å²) < 4.78 is 11.7. The van der Waals surface area contributed by atoms with Gasteiger partial charge in [0.15, 0.2) is 11.5 Å². The minimum absolute atomic E-state index is 0.0220. The van der Waals surface area contributed by atoms with Crippen molar-refractivity contribution < 1.29 is 19.1 Å². The maximum Gasteiger partial charge on any atom is 0.293 e. The molecule has 182 valence electrons. The average Bonchev–Trinajstić information content (AvgIpc) is 3.12. The number of hydrogen-bond acceptors (Lipinski definition) is 6. The van der Waals surface area contributed by atoms with Crippen LogP contribution in [0.15, 0.2) is 65.6 Å². The molecular weight excluding hydrogens is 519 g/mol. The van der Waals surface area contributed by atoms with Gasteiger partial charge in [-0.1, -0.05) is 53.5 Å². The maximum absolute atomic E-state index is 13.0. The van der Waals surface area contributed by atoms with Crippen LogP contribution in [0.5, 0.6) is 11.5 Å². The van der Waals surface area contributed by atoms with Crippen molar-refractivity contribution >= 4 is 52.2 Å². The molecule has 1 heterocycles. The molecule has 0 bridgehead atoms. The normalized spacial score (nSPS) is 14.3. The van der Waals surface area contributed by atoms with E-state index in [0.717, 1.165) is 22.2 Å². The van der Waals surface area contributed by atoms with Crippen LogP contribution in [0.25, 0.3) is 6.08 Å². The topological polar surface area (TPSA) is 79.6 Å². The molecule has 2 amide bonds. The highest BCUT2D eigenvalue weighted by molar-refractivity contribution is 8.18. The molecule has 0 radical (unpaired) electrons. The molecule has 36 heavy (non-hydrogen) atoms. The summed E-state index contributed by atoms with van der Waals surface area (Å²) in [5.74, 6) is 0.370. The van der Waals surface area contributed by atoms with Crippen molar-refractivity contribution in [2.45, 2.75) is 20.1 Å². The molecule has 1 aliphatic heterocycles. The Morgan fingerprint density at radius 2 is 1.81 bits per heavy atom. The lowest BCUT2D eigenvalue weighted by Crippen LogP contribution is -2.27. The van der Waals surface area contributed by atoms with Crippen LogP contribution in [0.4, 0.5) is 4.79 Å². The number of rotatable bonds is 8. The Hall–Kier alpha value is -3.44. The smallest absolute Gasteiger partial charge is 0.293 e. The Kier molecular flexibility index (Phi) is 8.21. The van der Waals surface area contributed by atoms with Gasteiger partial charge in [-0.25, -0.2) is 0 Å². The summed E-state index contributed by atoms with van der Waals surface area (Å²) in [5, 5.41) is 9.85. The van der Waals surface area contributed by atoms with Crippen LogP contribution in [0, 0.1) is 11.3 Å². The van der Waals surface area contributed by atoms with E-state index in [1.54, 1.807) is 54.6 Å². The number of hydrogen-bond donors (Lipinski definition) is 0. The molecule has 1 aliphatic rings. The van der Waals surface area contributed by atoms with Gasteiger partial charge in [-0.05, 0) is 71.8 Å². The first-order valence-corrected chi connectivity index (χ1v) is 12.5. The third kappa shape index (κ3) is 5.85. The summed E-state index contributed by atoms with van der Waals surface area (Å²) >= 11 is 13.3. The molecule has 0 saturated carbocycles. The summed E-state index contributed by atoms with van der Waals surface area (Å²) in [5.41, 5.74) is 2.52. The highest BCUT2D eigenvalue weighted by Gasteiger charge is 2.35. The van der Waals surface area contributed by atoms with Crippen LogP contribution >= 0.6 is 35.0 Å². The summed E-state index contributed by atoms with van der Waals surface area (Å²) in [6.07, 6.45) is 1.60. The molecule has 0 spiro atoms. The second-order valence-electron chi connectivity index (χ2n) is 7.71. The van der Waals surface area contributed by atoms with Crippen LogP contribution in [-0.2, 0) is 17.9 Å². The SMILES string of the molecule is CCOc1cc(/C=C2/SC(=O)N(Cc3ccccc3C#N)C2=O)cc(Cl)c1OCc1ccc(Cl)cc1. The zero-order valence-electron chi connectivity index (χ0n) is 19.2. The highest BCUT2D eigenvalue weighted by atomic mass is 35.5. The fourth-order valence-electron chi connectivity index (χ4n) is 3.54. The van der Waals surface area contributed by atoms with Crippen molar-refractivity contribution in [2.24, 2.45) is 0 Å². The Morgan fingerprint density at radius 1 is 1.06 bits per heavy atom. The van der Waals surface area contributed by atoms with Crippen LogP contribution in [-0.4, -0.2) is 22.7 Å². The molecule has 0 N–H and O–H groups in total. The first-order valence-electron chi connectivity index (χ1n) is 11.0. The first kappa shape index (κ1) is 25.6. The van der Waals surface area contributed by atoms with Gasteiger partial charge in [0.25, 0.3) is 11.1 Å². The van der Waals surface area contributed by atoms with Gasteiger partial charge < -0.3 is 9.47 Å². The van der Waals surface area contributed by atoms with E-state index in [0.29, 0.717) is 44.8 Å². The van der Waals surface area contributed by atoms with Crippen molar-refractivity contribution in [3.63, 3.8) is 0 Å². The van der Waals surface area contributed by atoms with E-state index in [1.807, 2.05) is 19.1 Å². The number of carbonyl (C=O) groups is 2. The molecule has 1 fully saturated rings. The number of thioether (sulfide) groups is 1. The van der Waals surface area contributed by atoms with Gasteiger partial charge in [-0.2, -0.15) is 5.26 Å². The second kappa shape index (κ2) is 11.5. The van der Waals surface area contributed by atoms with Crippen LogP contribution < -0.4 is 9.47 Å². The van der Waals surface area contributed by atoms with Gasteiger partial charge in [-0.15, -0.1) is 0 Å². The van der Waals surface area contributed by atoms with E-state index >= 15 is 0 Å². The number of benzene rings is 3. The van der Waals surface area contributed by atoms with Crippen molar-refractivity contribution in [3.05, 3.63) is 97.9 Å². The van der Waals surface area contributed by atoms with Gasteiger partial charge in [0, 0.05) is 5.02 Å². The number of imide groups is 1. The van der Waals surface area contributed by atoms with Gasteiger partial charge >= 0.3 is 0 Å². The number of nitrogens with zero attached hydrogens (tertiary/aromatic N) is 2. The molecule has 9 heteroatoms. The van der Waals surface area contributed by atoms with Gasteiger partial charge in [0.1, 0.15) is 6.61 Å². The second-order valence-corrected chi connectivity index (χ2v) is 9.55. The van der Waals surface area contributed by atoms with E-state index in [1.165, 1.54) is 0 Å². The Labute approximate surface area is 223 Å². The largest absolute Gasteiger partial charge is 0.490 e. The predicted molar refractivity (Wildman–Crippen MR) is 141 cm³/mol. The van der Waals surface area contributed by atoms with Crippen molar-refractivity contribution in [1.29, 1.82) is 5.26 Å². The summed E-state index contributed by atoms with van der Waals surface area (Å²) in [7, 11) is 0. The van der Waals surface area contributed by atoms with Gasteiger partial charge in [-0.3, -0.25) is 14.5 Å². The molecule has 6 nitrogen and oxygen atoms in total. The van der Waals surface area contributed by atoms with E-state index in [9.17, 15) is 14.9 Å². The number of ether oxygens (including phenoxy) is 2. The van der Waals surface area contributed by atoms with Crippen molar-refractivity contribution in [3.8, 4) is 17.6 Å². The lowest BCUT2D eigenvalue weighted by Gasteiger charge is -2.15. The fraction of sp³-hybridized carbons (Fsp3) is 0.148. The Bertz CT molecular complexity index is 1380. The minimum Gasteiger partial charge on any atom is -0.490 e. The van der Waals surface area contributed by atoms with Gasteiger partial charge in [0.05, 0.1) is 34.7 Å². The van der Waals surface area contributed by atoms with Gasteiger partial charge in [0.2, 0.25) is 0 Å². The van der Waals surface area contributed by atoms with Crippen LogP contribution in [0.2, 0.25) is 10.0 Å². The lowest BCUT2D eigenvalue weighted by molar-refractivity contribution is -0.123. The van der Waals surface area contributed by atoms with E-state index in [4.69, 9.17) is 32.7 Å². The van der Waals surface area contributed by atoms with E-state index in [-0.39, 0.29) is 18.1 Å². The molecule has 1 saturated heterocycles. The number of nitriles is 1. The molecule has 3 aromatic rings. The number of amides is 2.